The van der Waals surface area contributed by atoms with E-state index in [0.717, 1.165) is 18.4 Å². The molecule has 1 fully saturated rings. The smallest absolute Gasteiger partial charge is 0.331 e. The minimum atomic E-state index is -0.253. The minimum absolute atomic E-state index is 0.112. The predicted molar refractivity (Wildman–Crippen MR) is 73.5 cm³/mol. The Labute approximate surface area is 113 Å². The molecule has 0 amide bonds. The molecule has 0 aliphatic heterocycles. The molecular formula is C15H17ClO2. The molecule has 1 aromatic carbocycles. The van der Waals surface area contributed by atoms with E-state index >= 15 is 0 Å². The number of esters is 1. The first-order valence-electron chi connectivity index (χ1n) is 6.38. The molecule has 0 aromatic heterocycles. The van der Waals surface area contributed by atoms with Crippen molar-refractivity contribution in [1.82, 2.24) is 0 Å². The number of ether oxygens (including phenoxy) is 1. The zero-order chi connectivity index (χ0) is 12.8. The predicted octanol–water partition coefficient (Wildman–Crippen LogP) is 4.23. The van der Waals surface area contributed by atoms with Gasteiger partial charge in [0.2, 0.25) is 0 Å². The Morgan fingerprint density at radius 3 is 2.50 bits per heavy atom. The molecule has 96 valence electrons. The zero-order valence-electron chi connectivity index (χ0n) is 10.3. The molecule has 0 unspecified atom stereocenters. The van der Waals surface area contributed by atoms with Crippen molar-refractivity contribution in [3.8, 4) is 0 Å². The quantitative estimate of drug-likeness (QED) is 0.603. The van der Waals surface area contributed by atoms with Gasteiger partial charge in [-0.2, -0.15) is 0 Å². The minimum Gasteiger partial charge on any atom is -0.459 e. The van der Waals surface area contributed by atoms with Crippen LogP contribution in [0.15, 0.2) is 30.3 Å². The van der Waals surface area contributed by atoms with Crippen LogP contribution in [-0.4, -0.2) is 12.1 Å². The fraction of sp³-hybridized carbons (Fsp3) is 0.400. The maximum Gasteiger partial charge on any atom is 0.331 e. The average Bonchev–Trinajstić information content (AvgIpc) is 2.39. The third-order valence-electron chi connectivity index (χ3n) is 3.12. The molecule has 1 saturated carbocycles. The van der Waals surface area contributed by atoms with E-state index in [4.69, 9.17) is 16.3 Å². The second-order valence-corrected chi connectivity index (χ2v) is 5.02. The van der Waals surface area contributed by atoms with Crippen molar-refractivity contribution in [1.29, 1.82) is 0 Å². The van der Waals surface area contributed by atoms with Crippen molar-refractivity contribution in [2.24, 2.45) is 0 Å². The molecule has 0 heterocycles. The maximum atomic E-state index is 11.6. The molecule has 2 rings (SSSR count). The third-order valence-corrected chi connectivity index (χ3v) is 3.37. The van der Waals surface area contributed by atoms with E-state index in [1.807, 2.05) is 12.1 Å². The molecular weight excluding hydrogens is 248 g/mol. The van der Waals surface area contributed by atoms with Gasteiger partial charge in [0, 0.05) is 11.1 Å². The van der Waals surface area contributed by atoms with Gasteiger partial charge in [-0.05, 0) is 49.5 Å². The lowest BCUT2D eigenvalue weighted by Crippen LogP contribution is -2.19. The van der Waals surface area contributed by atoms with Crippen molar-refractivity contribution >= 4 is 23.6 Å². The van der Waals surface area contributed by atoms with Crippen LogP contribution in [0, 0.1) is 0 Å². The summed E-state index contributed by atoms with van der Waals surface area (Å²) >= 11 is 5.79. The summed E-state index contributed by atoms with van der Waals surface area (Å²) in [6.07, 6.45) is 8.94. The van der Waals surface area contributed by atoms with Crippen molar-refractivity contribution in [3.05, 3.63) is 40.9 Å². The van der Waals surface area contributed by atoms with Gasteiger partial charge in [-0.3, -0.25) is 0 Å². The van der Waals surface area contributed by atoms with Crippen LogP contribution in [0.4, 0.5) is 0 Å². The van der Waals surface area contributed by atoms with Crippen molar-refractivity contribution in [2.45, 2.75) is 38.2 Å². The van der Waals surface area contributed by atoms with Crippen LogP contribution >= 0.6 is 11.6 Å². The molecule has 1 aliphatic carbocycles. The molecule has 0 radical (unpaired) electrons. The van der Waals surface area contributed by atoms with Crippen molar-refractivity contribution < 1.29 is 9.53 Å². The number of hydrogen-bond acceptors (Lipinski definition) is 2. The highest BCUT2D eigenvalue weighted by atomic mass is 35.5. The van der Waals surface area contributed by atoms with Crippen LogP contribution in [-0.2, 0) is 9.53 Å². The molecule has 0 N–H and O–H groups in total. The SMILES string of the molecule is O=C(/C=C/c1ccc(Cl)cc1)OC1CCCCC1. The highest BCUT2D eigenvalue weighted by Crippen LogP contribution is 2.20. The second kappa shape index (κ2) is 6.60. The summed E-state index contributed by atoms with van der Waals surface area (Å²) in [4.78, 5) is 11.6. The molecule has 0 atom stereocenters. The van der Waals surface area contributed by atoms with E-state index in [0.29, 0.717) is 5.02 Å². The van der Waals surface area contributed by atoms with Crippen LogP contribution in [0.1, 0.15) is 37.7 Å². The van der Waals surface area contributed by atoms with Gasteiger partial charge in [0.05, 0.1) is 0 Å². The van der Waals surface area contributed by atoms with Gasteiger partial charge in [-0.1, -0.05) is 30.2 Å². The van der Waals surface area contributed by atoms with Gasteiger partial charge in [0.15, 0.2) is 0 Å². The first-order valence-corrected chi connectivity index (χ1v) is 6.76. The van der Waals surface area contributed by atoms with Gasteiger partial charge < -0.3 is 4.74 Å². The number of carbonyl (C=O) groups is 1. The van der Waals surface area contributed by atoms with Gasteiger partial charge in [0.1, 0.15) is 6.10 Å². The number of carbonyl (C=O) groups excluding carboxylic acids is 1. The number of halogens is 1. The Kier molecular flexibility index (Phi) is 4.82. The molecule has 18 heavy (non-hydrogen) atoms. The number of benzene rings is 1. The second-order valence-electron chi connectivity index (χ2n) is 4.58. The van der Waals surface area contributed by atoms with Gasteiger partial charge >= 0.3 is 5.97 Å². The first kappa shape index (κ1) is 13.2. The Morgan fingerprint density at radius 1 is 1.17 bits per heavy atom. The van der Waals surface area contributed by atoms with Crippen LogP contribution in [0.25, 0.3) is 6.08 Å². The van der Waals surface area contributed by atoms with E-state index in [-0.39, 0.29) is 12.1 Å². The number of hydrogen-bond donors (Lipinski definition) is 0. The summed E-state index contributed by atoms with van der Waals surface area (Å²) in [6.45, 7) is 0. The van der Waals surface area contributed by atoms with E-state index in [1.54, 1.807) is 18.2 Å². The summed E-state index contributed by atoms with van der Waals surface area (Å²) in [5.74, 6) is -0.253. The molecule has 0 bridgehead atoms. The molecule has 2 nitrogen and oxygen atoms in total. The lowest BCUT2D eigenvalue weighted by atomic mass is 9.98. The normalized spacial score (nSPS) is 16.9. The fourth-order valence-electron chi connectivity index (χ4n) is 2.12. The third kappa shape index (κ3) is 4.19. The van der Waals surface area contributed by atoms with Gasteiger partial charge in [-0.15, -0.1) is 0 Å². The highest BCUT2D eigenvalue weighted by Gasteiger charge is 2.16. The van der Waals surface area contributed by atoms with E-state index in [9.17, 15) is 4.79 Å². The largest absolute Gasteiger partial charge is 0.459 e. The summed E-state index contributed by atoms with van der Waals surface area (Å²) < 4.78 is 5.38. The lowest BCUT2D eigenvalue weighted by Gasteiger charge is -2.20. The van der Waals surface area contributed by atoms with Crippen LogP contribution < -0.4 is 0 Å². The molecule has 0 spiro atoms. The van der Waals surface area contributed by atoms with Crippen molar-refractivity contribution in [3.63, 3.8) is 0 Å². The Hall–Kier alpha value is -1.28. The molecule has 3 heteroatoms. The van der Waals surface area contributed by atoms with Crippen LogP contribution in [0.2, 0.25) is 5.02 Å². The topological polar surface area (TPSA) is 26.3 Å². The molecule has 0 saturated heterocycles. The van der Waals surface area contributed by atoms with Gasteiger partial charge in [0.25, 0.3) is 0 Å². The zero-order valence-corrected chi connectivity index (χ0v) is 11.0. The fourth-order valence-corrected chi connectivity index (χ4v) is 2.25. The van der Waals surface area contributed by atoms with Crippen molar-refractivity contribution in [2.75, 3.05) is 0 Å². The molecule has 1 aromatic rings. The Balaban J connectivity index is 1.84. The number of rotatable bonds is 3. The standard InChI is InChI=1S/C15H17ClO2/c16-13-9-6-12(7-10-13)8-11-15(17)18-14-4-2-1-3-5-14/h6-11,14H,1-5H2/b11-8+. The monoisotopic (exact) mass is 264 g/mol. The Morgan fingerprint density at radius 2 is 1.83 bits per heavy atom. The van der Waals surface area contributed by atoms with Gasteiger partial charge in [-0.25, -0.2) is 4.79 Å². The maximum absolute atomic E-state index is 11.6. The van der Waals surface area contributed by atoms with E-state index < -0.39 is 0 Å². The summed E-state index contributed by atoms with van der Waals surface area (Å²) in [7, 11) is 0. The highest BCUT2D eigenvalue weighted by molar-refractivity contribution is 6.30. The molecule has 1 aliphatic rings. The van der Waals surface area contributed by atoms with E-state index in [2.05, 4.69) is 0 Å². The Bertz CT molecular complexity index is 417. The van der Waals surface area contributed by atoms with Crippen LogP contribution in [0.5, 0.6) is 0 Å². The summed E-state index contributed by atoms with van der Waals surface area (Å²) in [6, 6.07) is 7.33. The van der Waals surface area contributed by atoms with E-state index in [1.165, 1.54) is 25.3 Å². The summed E-state index contributed by atoms with van der Waals surface area (Å²) in [5.41, 5.74) is 0.944. The summed E-state index contributed by atoms with van der Waals surface area (Å²) in [5, 5.41) is 0.692. The van der Waals surface area contributed by atoms with Crippen LogP contribution in [0.3, 0.4) is 0 Å². The lowest BCUT2D eigenvalue weighted by molar-refractivity contribution is -0.144. The first-order chi connectivity index (χ1) is 8.74. The average molecular weight is 265 g/mol.